The van der Waals surface area contributed by atoms with Crippen LogP contribution in [0.25, 0.3) is 0 Å². The van der Waals surface area contributed by atoms with E-state index in [4.69, 9.17) is 0 Å². The average Bonchev–Trinajstić information content (AvgIpc) is 3.08. The molecule has 2 fully saturated rings. The molecule has 130 valence electrons. The third kappa shape index (κ3) is 3.96. The molecule has 3 unspecified atom stereocenters. The zero-order chi connectivity index (χ0) is 16.9. The van der Waals surface area contributed by atoms with E-state index in [1.54, 1.807) is 4.90 Å². The number of carbonyl (C=O) groups is 2. The standard InChI is InChI=1S/C19H26N2O3/c22-17-11-5-4-9-15(17)20-19(24)16-10-6-12-21(16)18(23)13-14-7-2-1-3-8-14/h1-3,7-8,15-17,22H,4-6,9-13H2,(H,20,24). The second-order valence-electron chi connectivity index (χ2n) is 6.87. The van der Waals surface area contributed by atoms with Crippen LogP contribution < -0.4 is 5.32 Å². The minimum absolute atomic E-state index is 0.00282. The number of aliphatic hydroxyl groups is 1. The van der Waals surface area contributed by atoms with Gasteiger partial charge in [0.15, 0.2) is 0 Å². The first kappa shape index (κ1) is 17.0. The van der Waals surface area contributed by atoms with Crippen molar-refractivity contribution in [3.8, 4) is 0 Å². The van der Waals surface area contributed by atoms with Crippen molar-refractivity contribution in [1.29, 1.82) is 0 Å². The van der Waals surface area contributed by atoms with E-state index >= 15 is 0 Å². The Bertz CT molecular complexity index is 575. The van der Waals surface area contributed by atoms with Crippen LogP contribution in [0.5, 0.6) is 0 Å². The molecule has 1 saturated heterocycles. The van der Waals surface area contributed by atoms with E-state index in [-0.39, 0.29) is 17.9 Å². The van der Waals surface area contributed by atoms with Crippen molar-refractivity contribution in [1.82, 2.24) is 10.2 Å². The van der Waals surface area contributed by atoms with Crippen LogP contribution in [0.15, 0.2) is 30.3 Å². The number of hydrogen-bond donors (Lipinski definition) is 2. The highest BCUT2D eigenvalue weighted by molar-refractivity contribution is 5.89. The van der Waals surface area contributed by atoms with Crippen LogP contribution in [-0.2, 0) is 16.0 Å². The van der Waals surface area contributed by atoms with Crippen LogP contribution in [-0.4, -0.2) is 46.6 Å². The third-order valence-electron chi connectivity index (χ3n) is 5.13. The molecule has 2 N–H and O–H groups in total. The molecule has 1 saturated carbocycles. The molecule has 1 heterocycles. The SMILES string of the molecule is O=C(NC1CCCCC1O)C1CCCN1C(=O)Cc1ccccc1. The molecule has 0 radical (unpaired) electrons. The number of carbonyl (C=O) groups excluding carboxylic acids is 2. The Morgan fingerprint density at radius 3 is 2.58 bits per heavy atom. The number of rotatable bonds is 4. The van der Waals surface area contributed by atoms with Gasteiger partial charge in [0, 0.05) is 6.54 Å². The molecule has 0 spiro atoms. The summed E-state index contributed by atoms with van der Waals surface area (Å²) in [6.45, 7) is 0.636. The predicted octanol–water partition coefficient (Wildman–Crippen LogP) is 1.64. The molecule has 1 aliphatic heterocycles. The van der Waals surface area contributed by atoms with Crippen molar-refractivity contribution >= 4 is 11.8 Å². The summed E-state index contributed by atoms with van der Waals surface area (Å²) < 4.78 is 0. The van der Waals surface area contributed by atoms with E-state index < -0.39 is 12.1 Å². The zero-order valence-electron chi connectivity index (χ0n) is 14.0. The Kier molecular flexibility index (Phi) is 5.51. The van der Waals surface area contributed by atoms with Gasteiger partial charge in [-0.05, 0) is 31.2 Å². The van der Waals surface area contributed by atoms with E-state index in [0.29, 0.717) is 19.4 Å². The quantitative estimate of drug-likeness (QED) is 0.882. The van der Waals surface area contributed by atoms with E-state index in [0.717, 1.165) is 37.7 Å². The van der Waals surface area contributed by atoms with Crippen LogP contribution in [0.4, 0.5) is 0 Å². The van der Waals surface area contributed by atoms with Gasteiger partial charge in [0.1, 0.15) is 6.04 Å². The van der Waals surface area contributed by atoms with Gasteiger partial charge >= 0.3 is 0 Å². The molecule has 3 rings (SSSR count). The second-order valence-corrected chi connectivity index (χ2v) is 6.87. The fourth-order valence-electron chi connectivity index (χ4n) is 3.77. The summed E-state index contributed by atoms with van der Waals surface area (Å²) in [6, 6.07) is 9.06. The molecule has 24 heavy (non-hydrogen) atoms. The molecular formula is C19H26N2O3. The molecular weight excluding hydrogens is 304 g/mol. The Hall–Kier alpha value is -1.88. The molecule has 2 aliphatic rings. The minimum Gasteiger partial charge on any atom is -0.391 e. The van der Waals surface area contributed by atoms with Crippen LogP contribution in [0.2, 0.25) is 0 Å². The molecule has 5 nitrogen and oxygen atoms in total. The van der Waals surface area contributed by atoms with Gasteiger partial charge in [-0.2, -0.15) is 0 Å². The fourth-order valence-corrected chi connectivity index (χ4v) is 3.77. The summed E-state index contributed by atoms with van der Waals surface area (Å²) in [5.74, 6) is -0.108. The second kappa shape index (κ2) is 7.79. The lowest BCUT2D eigenvalue weighted by atomic mass is 9.92. The largest absolute Gasteiger partial charge is 0.391 e. The smallest absolute Gasteiger partial charge is 0.243 e. The highest BCUT2D eigenvalue weighted by Gasteiger charge is 2.36. The summed E-state index contributed by atoms with van der Waals surface area (Å²) >= 11 is 0. The first-order chi connectivity index (χ1) is 11.6. The first-order valence-corrected chi connectivity index (χ1v) is 8.97. The maximum Gasteiger partial charge on any atom is 0.243 e. The molecule has 1 aromatic carbocycles. The third-order valence-corrected chi connectivity index (χ3v) is 5.13. The number of hydrogen-bond acceptors (Lipinski definition) is 3. The van der Waals surface area contributed by atoms with Crippen molar-refractivity contribution < 1.29 is 14.7 Å². The summed E-state index contributed by atoms with van der Waals surface area (Å²) in [5, 5.41) is 13.0. The maximum atomic E-state index is 12.6. The van der Waals surface area contributed by atoms with E-state index in [9.17, 15) is 14.7 Å². The van der Waals surface area contributed by atoms with Crippen molar-refractivity contribution in [3.63, 3.8) is 0 Å². The predicted molar refractivity (Wildman–Crippen MR) is 91.3 cm³/mol. The Balaban J connectivity index is 1.59. The van der Waals surface area contributed by atoms with E-state index in [1.165, 1.54) is 0 Å². The minimum atomic E-state index is -0.461. The van der Waals surface area contributed by atoms with E-state index in [1.807, 2.05) is 30.3 Å². The molecule has 5 heteroatoms. The van der Waals surface area contributed by atoms with Crippen LogP contribution in [0.1, 0.15) is 44.1 Å². The van der Waals surface area contributed by atoms with Gasteiger partial charge in [0.2, 0.25) is 11.8 Å². The van der Waals surface area contributed by atoms with Crippen molar-refractivity contribution in [3.05, 3.63) is 35.9 Å². The van der Waals surface area contributed by atoms with Crippen LogP contribution in [0, 0.1) is 0 Å². The van der Waals surface area contributed by atoms with Crippen LogP contribution in [0.3, 0.4) is 0 Å². The first-order valence-electron chi connectivity index (χ1n) is 8.97. The Morgan fingerprint density at radius 1 is 1.08 bits per heavy atom. The van der Waals surface area contributed by atoms with Gasteiger partial charge in [-0.3, -0.25) is 9.59 Å². The number of likely N-dealkylation sites (tertiary alicyclic amines) is 1. The van der Waals surface area contributed by atoms with Gasteiger partial charge in [-0.15, -0.1) is 0 Å². The van der Waals surface area contributed by atoms with Crippen molar-refractivity contribution in [2.45, 2.75) is 63.1 Å². The Morgan fingerprint density at radius 2 is 1.83 bits per heavy atom. The fraction of sp³-hybridized carbons (Fsp3) is 0.579. The molecule has 3 atom stereocenters. The monoisotopic (exact) mass is 330 g/mol. The summed E-state index contributed by atoms with van der Waals surface area (Å²) in [7, 11) is 0. The Labute approximate surface area is 143 Å². The maximum absolute atomic E-state index is 12.6. The lowest BCUT2D eigenvalue weighted by Crippen LogP contribution is -2.52. The lowest BCUT2D eigenvalue weighted by molar-refractivity contribution is -0.138. The zero-order valence-corrected chi connectivity index (χ0v) is 14.0. The number of benzene rings is 1. The molecule has 1 aromatic rings. The van der Waals surface area contributed by atoms with Gasteiger partial charge in [-0.25, -0.2) is 0 Å². The van der Waals surface area contributed by atoms with E-state index in [2.05, 4.69) is 5.32 Å². The average molecular weight is 330 g/mol. The number of nitrogens with one attached hydrogen (secondary N) is 1. The lowest BCUT2D eigenvalue weighted by Gasteiger charge is -2.31. The summed E-state index contributed by atoms with van der Waals surface area (Å²) in [5.41, 5.74) is 0.969. The van der Waals surface area contributed by atoms with Gasteiger partial charge in [0.05, 0.1) is 18.6 Å². The highest BCUT2D eigenvalue weighted by atomic mass is 16.3. The molecule has 1 aliphatic carbocycles. The molecule has 2 amide bonds. The van der Waals surface area contributed by atoms with Gasteiger partial charge in [-0.1, -0.05) is 43.2 Å². The normalized spacial score (nSPS) is 27.0. The van der Waals surface area contributed by atoms with Gasteiger partial charge < -0.3 is 15.3 Å². The van der Waals surface area contributed by atoms with Crippen LogP contribution >= 0.6 is 0 Å². The highest BCUT2D eigenvalue weighted by Crippen LogP contribution is 2.22. The summed E-state index contributed by atoms with van der Waals surface area (Å²) in [4.78, 5) is 26.9. The van der Waals surface area contributed by atoms with Gasteiger partial charge in [0.25, 0.3) is 0 Å². The molecule has 0 bridgehead atoms. The number of aliphatic hydroxyl groups excluding tert-OH is 1. The number of nitrogens with zero attached hydrogens (tertiary/aromatic N) is 1. The topological polar surface area (TPSA) is 69.6 Å². The summed E-state index contributed by atoms with van der Waals surface area (Å²) in [6.07, 6.45) is 5.03. The van der Waals surface area contributed by atoms with Crippen molar-refractivity contribution in [2.75, 3.05) is 6.54 Å². The number of amides is 2. The van der Waals surface area contributed by atoms with Crippen molar-refractivity contribution in [2.24, 2.45) is 0 Å². The molecule has 0 aromatic heterocycles.